The normalized spacial score (nSPS) is 11.9. The van der Waals surface area contributed by atoms with Gasteiger partial charge in [-0.3, -0.25) is 0 Å². The van der Waals surface area contributed by atoms with Gasteiger partial charge in [0.1, 0.15) is 0 Å². The summed E-state index contributed by atoms with van der Waals surface area (Å²) in [4.78, 5) is 0. The Balaban J connectivity index is 3.13. The lowest BCUT2D eigenvalue weighted by molar-refractivity contribution is 0.447. The summed E-state index contributed by atoms with van der Waals surface area (Å²) in [5.41, 5.74) is 6.32. The molecule has 0 aliphatic heterocycles. The zero-order valence-electron chi connectivity index (χ0n) is 7.65. The van der Waals surface area contributed by atoms with E-state index in [1.54, 1.807) is 6.92 Å². The SMILES string of the molecule is C/C(=C/c1cc(F)c(F)c(F)c1)CN. The highest BCUT2D eigenvalue weighted by Gasteiger charge is 2.09. The van der Waals surface area contributed by atoms with Crippen LogP contribution in [-0.4, -0.2) is 6.54 Å². The van der Waals surface area contributed by atoms with Gasteiger partial charge in [0, 0.05) is 6.54 Å². The van der Waals surface area contributed by atoms with Gasteiger partial charge < -0.3 is 5.73 Å². The van der Waals surface area contributed by atoms with Gasteiger partial charge in [0.15, 0.2) is 17.5 Å². The fourth-order valence-corrected chi connectivity index (χ4v) is 1.00. The maximum atomic E-state index is 12.7. The predicted octanol–water partition coefficient (Wildman–Crippen LogP) is 2.47. The Kier molecular flexibility index (Phi) is 3.30. The molecular weight excluding hydrogens is 191 g/mol. The molecule has 0 heterocycles. The van der Waals surface area contributed by atoms with Crippen molar-refractivity contribution >= 4 is 6.08 Å². The first kappa shape index (κ1) is 10.8. The minimum Gasteiger partial charge on any atom is -0.327 e. The largest absolute Gasteiger partial charge is 0.327 e. The van der Waals surface area contributed by atoms with Crippen LogP contribution >= 0.6 is 0 Å². The van der Waals surface area contributed by atoms with Crippen molar-refractivity contribution in [3.8, 4) is 0 Å². The minimum absolute atomic E-state index is 0.268. The highest BCUT2D eigenvalue weighted by Crippen LogP contribution is 2.15. The molecule has 1 aromatic rings. The Morgan fingerprint density at radius 2 is 1.79 bits per heavy atom. The van der Waals surface area contributed by atoms with Crippen LogP contribution in [0.1, 0.15) is 12.5 Å². The Bertz CT molecular complexity index is 349. The molecule has 14 heavy (non-hydrogen) atoms. The Hall–Kier alpha value is -1.29. The van der Waals surface area contributed by atoms with E-state index in [2.05, 4.69) is 0 Å². The molecule has 1 aromatic carbocycles. The number of hydrogen-bond donors (Lipinski definition) is 1. The monoisotopic (exact) mass is 201 g/mol. The van der Waals surface area contributed by atoms with E-state index in [-0.39, 0.29) is 5.56 Å². The van der Waals surface area contributed by atoms with E-state index in [9.17, 15) is 13.2 Å². The van der Waals surface area contributed by atoms with Crippen LogP contribution in [0.5, 0.6) is 0 Å². The van der Waals surface area contributed by atoms with Crippen molar-refractivity contribution in [3.63, 3.8) is 0 Å². The van der Waals surface area contributed by atoms with E-state index in [1.807, 2.05) is 0 Å². The van der Waals surface area contributed by atoms with Crippen LogP contribution in [-0.2, 0) is 0 Å². The van der Waals surface area contributed by atoms with Gasteiger partial charge in [0.05, 0.1) is 0 Å². The van der Waals surface area contributed by atoms with Gasteiger partial charge in [-0.2, -0.15) is 0 Å². The van der Waals surface area contributed by atoms with Crippen molar-refractivity contribution in [1.82, 2.24) is 0 Å². The Morgan fingerprint density at radius 1 is 1.29 bits per heavy atom. The fraction of sp³-hybridized carbons (Fsp3) is 0.200. The molecule has 0 saturated carbocycles. The number of nitrogens with two attached hydrogens (primary N) is 1. The van der Waals surface area contributed by atoms with E-state index in [0.717, 1.165) is 17.7 Å². The Morgan fingerprint density at radius 3 is 2.21 bits per heavy atom. The maximum Gasteiger partial charge on any atom is 0.194 e. The molecule has 0 saturated heterocycles. The first-order valence-electron chi connectivity index (χ1n) is 4.06. The summed E-state index contributed by atoms with van der Waals surface area (Å²) >= 11 is 0. The average Bonchev–Trinajstić information content (AvgIpc) is 2.14. The third-order valence-corrected chi connectivity index (χ3v) is 1.74. The van der Waals surface area contributed by atoms with Crippen molar-refractivity contribution in [1.29, 1.82) is 0 Å². The molecule has 0 atom stereocenters. The molecule has 0 unspecified atom stereocenters. The zero-order chi connectivity index (χ0) is 10.7. The van der Waals surface area contributed by atoms with Gasteiger partial charge in [-0.15, -0.1) is 0 Å². The first-order chi connectivity index (χ1) is 6.54. The van der Waals surface area contributed by atoms with Crippen LogP contribution in [0.3, 0.4) is 0 Å². The zero-order valence-corrected chi connectivity index (χ0v) is 7.65. The van der Waals surface area contributed by atoms with Crippen LogP contribution < -0.4 is 5.73 Å². The molecule has 0 aromatic heterocycles. The lowest BCUT2D eigenvalue weighted by Gasteiger charge is -2.00. The second-order valence-electron chi connectivity index (χ2n) is 2.99. The van der Waals surface area contributed by atoms with Crippen molar-refractivity contribution in [2.75, 3.05) is 6.54 Å². The van der Waals surface area contributed by atoms with Crippen molar-refractivity contribution in [3.05, 3.63) is 40.7 Å². The summed E-state index contributed by atoms with van der Waals surface area (Å²) < 4.78 is 38.0. The van der Waals surface area contributed by atoms with E-state index in [4.69, 9.17) is 5.73 Å². The standard InChI is InChI=1S/C10H10F3N/c1-6(5-14)2-7-3-8(11)10(13)9(12)4-7/h2-4H,5,14H2,1H3/b6-2-. The molecule has 0 spiro atoms. The van der Waals surface area contributed by atoms with Gasteiger partial charge in [0.2, 0.25) is 0 Å². The molecule has 0 aliphatic rings. The number of halogens is 3. The number of benzene rings is 1. The van der Waals surface area contributed by atoms with Crippen LogP contribution in [0.25, 0.3) is 6.08 Å². The maximum absolute atomic E-state index is 12.7. The van der Waals surface area contributed by atoms with Crippen molar-refractivity contribution in [2.45, 2.75) is 6.92 Å². The van der Waals surface area contributed by atoms with Crippen LogP contribution in [0, 0.1) is 17.5 Å². The number of rotatable bonds is 2. The molecule has 4 heteroatoms. The Labute approximate surface area is 80.0 Å². The third kappa shape index (κ3) is 2.35. The summed E-state index contributed by atoms with van der Waals surface area (Å²) in [5.74, 6) is -3.84. The molecule has 0 fully saturated rings. The van der Waals surface area contributed by atoms with Crippen molar-refractivity contribution < 1.29 is 13.2 Å². The minimum atomic E-state index is -1.45. The number of hydrogen-bond acceptors (Lipinski definition) is 1. The highest BCUT2D eigenvalue weighted by atomic mass is 19.2. The molecule has 1 nitrogen and oxygen atoms in total. The summed E-state index contributed by atoms with van der Waals surface area (Å²) in [6.07, 6.45) is 1.51. The van der Waals surface area contributed by atoms with E-state index in [1.165, 1.54) is 6.08 Å². The van der Waals surface area contributed by atoms with E-state index >= 15 is 0 Å². The summed E-state index contributed by atoms with van der Waals surface area (Å²) in [7, 11) is 0. The molecule has 0 amide bonds. The molecule has 2 N–H and O–H groups in total. The summed E-state index contributed by atoms with van der Waals surface area (Å²) in [5, 5.41) is 0. The van der Waals surface area contributed by atoms with Gasteiger partial charge in [-0.05, 0) is 24.6 Å². The second-order valence-corrected chi connectivity index (χ2v) is 2.99. The molecule has 76 valence electrons. The van der Waals surface area contributed by atoms with Gasteiger partial charge in [-0.1, -0.05) is 11.6 Å². The van der Waals surface area contributed by atoms with Crippen LogP contribution in [0.15, 0.2) is 17.7 Å². The van der Waals surface area contributed by atoms with Gasteiger partial charge >= 0.3 is 0 Å². The lowest BCUT2D eigenvalue weighted by atomic mass is 10.1. The third-order valence-electron chi connectivity index (χ3n) is 1.74. The van der Waals surface area contributed by atoms with E-state index in [0.29, 0.717) is 6.54 Å². The first-order valence-corrected chi connectivity index (χ1v) is 4.06. The quantitative estimate of drug-likeness (QED) is 0.731. The van der Waals surface area contributed by atoms with Gasteiger partial charge in [-0.25, -0.2) is 13.2 Å². The summed E-state index contributed by atoms with van der Waals surface area (Å²) in [6, 6.07) is 1.86. The van der Waals surface area contributed by atoms with Crippen LogP contribution in [0.2, 0.25) is 0 Å². The average molecular weight is 201 g/mol. The molecule has 0 radical (unpaired) electrons. The summed E-state index contributed by atoms with van der Waals surface area (Å²) in [6.45, 7) is 2.01. The topological polar surface area (TPSA) is 26.0 Å². The molecule has 0 aliphatic carbocycles. The fourth-order valence-electron chi connectivity index (χ4n) is 1.00. The van der Waals surface area contributed by atoms with Crippen molar-refractivity contribution in [2.24, 2.45) is 5.73 Å². The lowest BCUT2D eigenvalue weighted by Crippen LogP contribution is -1.99. The smallest absolute Gasteiger partial charge is 0.194 e. The van der Waals surface area contributed by atoms with Crippen LogP contribution in [0.4, 0.5) is 13.2 Å². The molecule has 0 bridgehead atoms. The predicted molar refractivity (Wildman–Crippen MR) is 49.0 cm³/mol. The molecular formula is C10H10F3N. The highest BCUT2D eigenvalue weighted by molar-refractivity contribution is 5.52. The van der Waals surface area contributed by atoms with Gasteiger partial charge in [0.25, 0.3) is 0 Å². The second kappa shape index (κ2) is 4.28. The molecule has 1 rings (SSSR count). The van der Waals surface area contributed by atoms with E-state index < -0.39 is 17.5 Å².